The first-order valence-corrected chi connectivity index (χ1v) is 12.2. The number of rotatable bonds is 10. The van der Waals surface area contributed by atoms with Gasteiger partial charge in [-0.15, -0.1) is 11.3 Å². The van der Waals surface area contributed by atoms with Crippen molar-refractivity contribution < 1.29 is 17.9 Å². The summed E-state index contributed by atoms with van der Waals surface area (Å²) in [5, 5.41) is 4.75. The molecule has 1 amide bonds. The van der Waals surface area contributed by atoms with Gasteiger partial charge < -0.3 is 10.1 Å². The number of amides is 1. The second-order valence-corrected chi connectivity index (χ2v) is 9.77. The Bertz CT molecular complexity index is 1080. The quantitative estimate of drug-likeness (QED) is 0.422. The summed E-state index contributed by atoms with van der Waals surface area (Å²) in [5.74, 6) is 1.10. The van der Waals surface area contributed by atoms with Gasteiger partial charge in [-0.3, -0.25) is 9.52 Å². The number of benzene rings is 2. The van der Waals surface area contributed by atoms with Gasteiger partial charge in [0.05, 0.1) is 11.5 Å². The molecule has 0 unspecified atom stereocenters. The van der Waals surface area contributed by atoms with E-state index in [0.717, 1.165) is 5.75 Å². The number of nitrogens with zero attached hydrogens (tertiary/aromatic N) is 1. The van der Waals surface area contributed by atoms with E-state index in [-0.39, 0.29) is 10.8 Å². The SMILES string of the molecule is CC(C)c1ccc(OCCCC(=O)Nc2ccc(S(=O)(=O)Nc3nccs3)cc2)cc1. The Morgan fingerprint density at radius 3 is 2.42 bits per heavy atom. The molecule has 0 atom stereocenters. The molecule has 0 radical (unpaired) electrons. The summed E-state index contributed by atoms with van der Waals surface area (Å²) >= 11 is 1.20. The van der Waals surface area contributed by atoms with Gasteiger partial charge >= 0.3 is 0 Å². The average molecular weight is 460 g/mol. The van der Waals surface area contributed by atoms with Crippen molar-refractivity contribution in [1.82, 2.24) is 4.98 Å². The highest BCUT2D eigenvalue weighted by molar-refractivity contribution is 7.93. The van der Waals surface area contributed by atoms with Gasteiger partial charge in [0, 0.05) is 23.7 Å². The van der Waals surface area contributed by atoms with Crippen LogP contribution in [0.2, 0.25) is 0 Å². The fourth-order valence-electron chi connectivity index (χ4n) is 2.76. The van der Waals surface area contributed by atoms with E-state index in [1.807, 2.05) is 24.3 Å². The molecule has 0 spiro atoms. The fraction of sp³-hybridized carbons (Fsp3) is 0.273. The maximum atomic E-state index is 12.3. The largest absolute Gasteiger partial charge is 0.494 e. The smallest absolute Gasteiger partial charge is 0.263 e. The van der Waals surface area contributed by atoms with E-state index in [1.165, 1.54) is 35.2 Å². The van der Waals surface area contributed by atoms with E-state index < -0.39 is 10.0 Å². The molecule has 3 rings (SSSR count). The van der Waals surface area contributed by atoms with Crippen LogP contribution in [0.1, 0.15) is 38.2 Å². The van der Waals surface area contributed by atoms with Crippen LogP contribution in [-0.4, -0.2) is 25.9 Å². The second-order valence-electron chi connectivity index (χ2n) is 7.19. The van der Waals surface area contributed by atoms with Gasteiger partial charge in [-0.1, -0.05) is 26.0 Å². The molecule has 7 nitrogen and oxygen atoms in total. The third-order valence-electron chi connectivity index (χ3n) is 4.47. The standard InChI is InChI=1S/C22H25N3O4S2/c1-16(2)17-5-9-19(10-6-17)29-14-3-4-21(26)24-18-7-11-20(12-8-18)31(27,28)25-22-23-13-15-30-22/h5-13,15-16H,3-4,14H2,1-2H3,(H,23,25)(H,24,26). The molecular formula is C22H25N3O4S2. The van der Waals surface area contributed by atoms with Gasteiger partial charge in [-0.25, -0.2) is 13.4 Å². The van der Waals surface area contributed by atoms with Crippen molar-refractivity contribution in [2.24, 2.45) is 0 Å². The summed E-state index contributed by atoms with van der Waals surface area (Å²) in [6.07, 6.45) is 2.40. The highest BCUT2D eigenvalue weighted by Crippen LogP contribution is 2.20. The summed E-state index contributed by atoms with van der Waals surface area (Å²) < 4.78 is 32.8. The van der Waals surface area contributed by atoms with Crippen molar-refractivity contribution in [2.75, 3.05) is 16.6 Å². The Hall–Kier alpha value is -2.91. The Kier molecular flexibility index (Phi) is 7.64. The van der Waals surface area contributed by atoms with Gasteiger partial charge in [0.25, 0.3) is 10.0 Å². The lowest BCUT2D eigenvalue weighted by molar-refractivity contribution is -0.116. The maximum Gasteiger partial charge on any atom is 0.263 e. The van der Waals surface area contributed by atoms with Gasteiger partial charge in [0.15, 0.2) is 5.13 Å². The van der Waals surface area contributed by atoms with Crippen LogP contribution < -0.4 is 14.8 Å². The molecule has 3 aromatic rings. The zero-order chi connectivity index (χ0) is 22.3. The lowest BCUT2D eigenvalue weighted by Crippen LogP contribution is -2.14. The van der Waals surface area contributed by atoms with E-state index in [0.29, 0.717) is 36.2 Å². The number of ether oxygens (including phenoxy) is 1. The molecule has 0 aliphatic rings. The van der Waals surface area contributed by atoms with Crippen LogP contribution in [0.25, 0.3) is 0 Å². The average Bonchev–Trinajstić information content (AvgIpc) is 3.24. The molecule has 2 N–H and O–H groups in total. The van der Waals surface area contributed by atoms with Gasteiger partial charge in [-0.05, 0) is 54.3 Å². The first-order chi connectivity index (χ1) is 14.8. The number of hydrogen-bond acceptors (Lipinski definition) is 6. The molecule has 0 aliphatic carbocycles. The minimum absolute atomic E-state index is 0.0950. The number of aromatic nitrogens is 1. The van der Waals surface area contributed by atoms with Crippen molar-refractivity contribution in [3.8, 4) is 5.75 Å². The van der Waals surface area contributed by atoms with Gasteiger partial charge in [-0.2, -0.15) is 0 Å². The number of hydrogen-bond donors (Lipinski definition) is 2. The van der Waals surface area contributed by atoms with E-state index in [9.17, 15) is 13.2 Å². The van der Waals surface area contributed by atoms with Gasteiger partial charge in [0.1, 0.15) is 5.75 Å². The van der Waals surface area contributed by atoms with Crippen LogP contribution in [0, 0.1) is 0 Å². The fourth-order valence-corrected chi connectivity index (χ4v) is 4.55. The van der Waals surface area contributed by atoms with Crippen LogP contribution in [0.5, 0.6) is 5.75 Å². The minimum atomic E-state index is -3.71. The number of nitrogens with one attached hydrogen (secondary N) is 2. The molecule has 9 heteroatoms. The van der Waals surface area contributed by atoms with Crippen molar-refractivity contribution in [3.05, 3.63) is 65.7 Å². The van der Waals surface area contributed by atoms with E-state index >= 15 is 0 Å². The topological polar surface area (TPSA) is 97.4 Å². The number of carbonyl (C=O) groups is 1. The monoisotopic (exact) mass is 459 g/mol. The summed E-state index contributed by atoms with van der Waals surface area (Å²) in [4.78, 5) is 16.1. The molecule has 0 bridgehead atoms. The zero-order valence-electron chi connectivity index (χ0n) is 17.4. The van der Waals surface area contributed by atoms with Crippen molar-refractivity contribution in [3.63, 3.8) is 0 Å². The van der Waals surface area contributed by atoms with Crippen LogP contribution in [0.3, 0.4) is 0 Å². The Morgan fingerprint density at radius 1 is 1.10 bits per heavy atom. The molecule has 0 fully saturated rings. The zero-order valence-corrected chi connectivity index (χ0v) is 19.0. The molecule has 0 saturated carbocycles. The molecule has 2 aromatic carbocycles. The van der Waals surface area contributed by atoms with Crippen molar-refractivity contribution >= 4 is 38.1 Å². The number of carbonyl (C=O) groups excluding carboxylic acids is 1. The number of anilines is 2. The predicted molar refractivity (Wildman–Crippen MR) is 123 cm³/mol. The van der Waals surface area contributed by atoms with Crippen LogP contribution >= 0.6 is 11.3 Å². The summed E-state index contributed by atoms with van der Waals surface area (Å²) in [7, 11) is -3.71. The third-order valence-corrected chi connectivity index (χ3v) is 6.64. The van der Waals surface area contributed by atoms with Gasteiger partial charge in [0.2, 0.25) is 5.91 Å². The van der Waals surface area contributed by atoms with E-state index in [2.05, 4.69) is 28.9 Å². The van der Waals surface area contributed by atoms with E-state index in [1.54, 1.807) is 17.5 Å². The molecule has 0 saturated heterocycles. The Labute approximate surface area is 186 Å². The molecule has 0 aliphatic heterocycles. The second kappa shape index (κ2) is 10.4. The van der Waals surface area contributed by atoms with Crippen molar-refractivity contribution in [1.29, 1.82) is 0 Å². The number of thiazole rings is 1. The molecule has 1 heterocycles. The van der Waals surface area contributed by atoms with Crippen LogP contribution in [-0.2, 0) is 14.8 Å². The summed E-state index contributed by atoms with van der Waals surface area (Å²) in [6, 6.07) is 14.0. The van der Waals surface area contributed by atoms with Crippen LogP contribution in [0.15, 0.2) is 65.0 Å². The van der Waals surface area contributed by atoms with Crippen molar-refractivity contribution in [2.45, 2.75) is 37.5 Å². The highest BCUT2D eigenvalue weighted by Gasteiger charge is 2.15. The molecule has 164 valence electrons. The number of sulfonamides is 1. The van der Waals surface area contributed by atoms with Crippen LogP contribution in [0.4, 0.5) is 10.8 Å². The Morgan fingerprint density at radius 2 is 1.81 bits per heavy atom. The summed E-state index contributed by atoms with van der Waals surface area (Å²) in [5.41, 5.74) is 1.79. The normalized spacial score (nSPS) is 11.3. The molecular weight excluding hydrogens is 434 g/mol. The predicted octanol–water partition coefficient (Wildman–Crippen LogP) is 4.87. The first-order valence-electron chi connectivity index (χ1n) is 9.88. The lowest BCUT2D eigenvalue weighted by Gasteiger charge is -2.10. The maximum absolute atomic E-state index is 12.3. The Balaban J connectivity index is 1.43. The summed E-state index contributed by atoms with van der Waals surface area (Å²) in [6.45, 7) is 4.72. The first kappa shape index (κ1) is 22.8. The third kappa shape index (κ3) is 6.80. The molecule has 31 heavy (non-hydrogen) atoms. The minimum Gasteiger partial charge on any atom is -0.494 e. The molecule has 1 aromatic heterocycles. The highest BCUT2D eigenvalue weighted by atomic mass is 32.2. The lowest BCUT2D eigenvalue weighted by atomic mass is 10.0. The van der Waals surface area contributed by atoms with E-state index in [4.69, 9.17) is 4.74 Å².